The third-order valence-corrected chi connectivity index (χ3v) is 5.33. The second-order valence-electron chi connectivity index (χ2n) is 6.71. The van der Waals surface area contributed by atoms with Crippen LogP contribution in [0.5, 0.6) is 11.5 Å². The first-order valence-corrected chi connectivity index (χ1v) is 9.49. The van der Waals surface area contributed by atoms with Crippen molar-refractivity contribution in [2.75, 3.05) is 5.33 Å². The van der Waals surface area contributed by atoms with Crippen LogP contribution in [0.2, 0.25) is 0 Å². The zero-order valence-corrected chi connectivity index (χ0v) is 15.7. The van der Waals surface area contributed by atoms with Crippen molar-refractivity contribution in [1.29, 1.82) is 0 Å². The number of alkyl halides is 1. The summed E-state index contributed by atoms with van der Waals surface area (Å²) in [6.45, 7) is 8.40. The molecule has 1 aliphatic rings. The first-order valence-electron chi connectivity index (χ1n) is 8.37. The molecule has 0 saturated heterocycles. The SMILES string of the molecule is C=C(C)C1CCC(C)=CC1c1c(O)cc(O)cc1CCCCBr. The molecule has 1 aliphatic carbocycles. The Morgan fingerprint density at radius 2 is 2.04 bits per heavy atom. The van der Waals surface area contributed by atoms with Crippen molar-refractivity contribution in [2.24, 2.45) is 5.92 Å². The van der Waals surface area contributed by atoms with Crippen molar-refractivity contribution in [3.63, 3.8) is 0 Å². The van der Waals surface area contributed by atoms with Gasteiger partial charge in [0.05, 0.1) is 0 Å². The van der Waals surface area contributed by atoms with E-state index in [-0.39, 0.29) is 17.4 Å². The van der Waals surface area contributed by atoms with Gasteiger partial charge in [0, 0.05) is 22.9 Å². The van der Waals surface area contributed by atoms with Crippen molar-refractivity contribution in [3.8, 4) is 11.5 Å². The number of unbranched alkanes of at least 4 members (excludes halogenated alkanes) is 1. The maximum Gasteiger partial charge on any atom is 0.123 e. The molecule has 0 radical (unpaired) electrons. The van der Waals surface area contributed by atoms with Crippen LogP contribution in [0.15, 0.2) is 35.9 Å². The molecule has 2 N–H and O–H groups in total. The summed E-state index contributed by atoms with van der Waals surface area (Å²) in [5.74, 6) is 0.856. The Morgan fingerprint density at radius 1 is 1.30 bits per heavy atom. The smallest absolute Gasteiger partial charge is 0.123 e. The van der Waals surface area contributed by atoms with E-state index in [1.54, 1.807) is 0 Å². The Labute approximate surface area is 148 Å². The van der Waals surface area contributed by atoms with Gasteiger partial charge in [-0.15, -0.1) is 0 Å². The molecule has 0 aromatic heterocycles. The van der Waals surface area contributed by atoms with E-state index in [2.05, 4.69) is 42.4 Å². The summed E-state index contributed by atoms with van der Waals surface area (Å²) in [5.41, 5.74) is 4.57. The molecule has 23 heavy (non-hydrogen) atoms. The lowest BCUT2D eigenvalue weighted by Gasteiger charge is -2.32. The monoisotopic (exact) mass is 378 g/mol. The molecular weight excluding hydrogens is 352 g/mol. The highest BCUT2D eigenvalue weighted by Gasteiger charge is 2.29. The summed E-state index contributed by atoms with van der Waals surface area (Å²) in [5, 5.41) is 21.4. The number of benzene rings is 1. The minimum Gasteiger partial charge on any atom is -0.508 e. The highest BCUT2D eigenvalue weighted by Crippen LogP contribution is 2.45. The summed E-state index contributed by atoms with van der Waals surface area (Å²) >= 11 is 3.46. The highest BCUT2D eigenvalue weighted by atomic mass is 79.9. The summed E-state index contributed by atoms with van der Waals surface area (Å²) < 4.78 is 0. The first kappa shape index (κ1) is 18.1. The predicted molar refractivity (Wildman–Crippen MR) is 101 cm³/mol. The topological polar surface area (TPSA) is 40.5 Å². The van der Waals surface area contributed by atoms with E-state index in [9.17, 15) is 10.2 Å². The number of aromatic hydroxyl groups is 2. The number of rotatable bonds is 6. The van der Waals surface area contributed by atoms with E-state index in [0.717, 1.165) is 54.1 Å². The molecule has 0 amide bonds. The Morgan fingerprint density at radius 3 is 2.70 bits per heavy atom. The van der Waals surface area contributed by atoms with Crippen molar-refractivity contribution in [2.45, 2.75) is 51.9 Å². The van der Waals surface area contributed by atoms with Gasteiger partial charge < -0.3 is 10.2 Å². The Kier molecular flexibility index (Phi) is 6.34. The minimum absolute atomic E-state index is 0.142. The minimum atomic E-state index is 0.142. The molecule has 2 atom stereocenters. The average Bonchev–Trinajstić information content (AvgIpc) is 2.46. The zero-order chi connectivity index (χ0) is 17.0. The van der Waals surface area contributed by atoms with Gasteiger partial charge in [-0.3, -0.25) is 0 Å². The van der Waals surface area contributed by atoms with Gasteiger partial charge in [-0.25, -0.2) is 0 Å². The van der Waals surface area contributed by atoms with Crippen LogP contribution in [0.3, 0.4) is 0 Å². The number of phenols is 2. The van der Waals surface area contributed by atoms with E-state index in [4.69, 9.17) is 0 Å². The Bertz CT molecular complexity index is 604. The van der Waals surface area contributed by atoms with E-state index in [1.165, 1.54) is 11.6 Å². The van der Waals surface area contributed by atoms with Gasteiger partial charge in [-0.05, 0) is 63.5 Å². The molecule has 1 aromatic carbocycles. The van der Waals surface area contributed by atoms with E-state index >= 15 is 0 Å². The lowest BCUT2D eigenvalue weighted by Crippen LogP contribution is -2.18. The fourth-order valence-electron chi connectivity index (χ4n) is 3.59. The van der Waals surface area contributed by atoms with Crippen LogP contribution in [-0.2, 0) is 6.42 Å². The van der Waals surface area contributed by atoms with Gasteiger partial charge in [0.15, 0.2) is 0 Å². The third kappa shape index (κ3) is 4.41. The summed E-state index contributed by atoms with van der Waals surface area (Å²) in [6.07, 6.45) is 7.43. The summed E-state index contributed by atoms with van der Waals surface area (Å²) in [6, 6.07) is 3.28. The van der Waals surface area contributed by atoms with Crippen LogP contribution in [0.25, 0.3) is 0 Å². The summed E-state index contributed by atoms with van der Waals surface area (Å²) in [4.78, 5) is 0. The molecule has 2 nitrogen and oxygen atoms in total. The standard InChI is InChI=1S/C20H27BrO2/c1-13(2)17-8-7-14(3)10-18(17)20-15(6-4-5-9-21)11-16(22)12-19(20)23/h10-12,17-18,22-23H,1,4-9H2,2-3H3. The van der Waals surface area contributed by atoms with Gasteiger partial charge in [0.25, 0.3) is 0 Å². The van der Waals surface area contributed by atoms with Crippen LogP contribution >= 0.6 is 15.9 Å². The molecule has 126 valence electrons. The number of halogens is 1. The van der Waals surface area contributed by atoms with Gasteiger partial charge >= 0.3 is 0 Å². The number of hydrogen-bond acceptors (Lipinski definition) is 2. The third-order valence-electron chi connectivity index (χ3n) is 4.77. The first-order chi connectivity index (χ1) is 10.9. The second kappa shape index (κ2) is 8.05. The molecule has 3 heteroatoms. The van der Waals surface area contributed by atoms with Crippen molar-refractivity contribution >= 4 is 15.9 Å². The van der Waals surface area contributed by atoms with E-state index in [0.29, 0.717) is 5.92 Å². The number of hydrogen-bond donors (Lipinski definition) is 2. The molecule has 0 saturated carbocycles. The lowest BCUT2D eigenvalue weighted by molar-refractivity contribution is 0.423. The van der Waals surface area contributed by atoms with Crippen LogP contribution in [0.4, 0.5) is 0 Å². The molecule has 1 aromatic rings. The molecule has 2 rings (SSSR count). The lowest BCUT2D eigenvalue weighted by atomic mass is 9.72. The Hall–Kier alpha value is -1.22. The number of aryl methyl sites for hydroxylation is 1. The van der Waals surface area contributed by atoms with Crippen LogP contribution in [-0.4, -0.2) is 15.5 Å². The molecule has 0 fully saturated rings. The maximum atomic E-state index is 10.5. The second-order valence-corrected chi connectivity index (χ2v) is 7.51. The molecule has 0 aliphatic heterocycles. The molecular formula is C20H27BrO2. The van der Waals surface area contributed by atoms with Gasteiger partial charge in [-0.1, -0.05) is 39.7 Å². The number of phenolic OH excluding ortho intramolecular Hbond substituents is 2. The van der Waals surface area contributed by atoms with Gasteiger partial charge in [0.2, 0.25) is 0 Å². The van der Waals surface area contributed by atoms with Crippen molar-refractivity contribution < 1.29 is 10.2 Å². The summed E-state index contributed by atoms with van der Waals surface area (Å²) in [7, 11) is 0. The van der Waals surface area contributed by atoms with Crippen LogP contribution in [0.1, 0.15) is 56.6 Å². The van der Waals surface area contributed by atoms with Gasteiger partial charge in [-0.2, -0.15) is 0 Å². The normalized spacial score (nSPS) is 21.1. The molecule has 0 spiro atoms. The van der Waals surface area contributed by atoms with Crippen molar-refractivity contribution in [3.05, 3.63) is 47.1 Å². The van der Waals surface area contributed by atoms with Crippen molar-refractivity contribution in [1.82, 2.24) is 0 Å². The number of allylic oxidation sites excluding steroid dienone is 3. The average molecular weight is 379 g/mol. The van der Waals surface area contributed by atoms with E-state index < -0.39 is 0 Å². The predicted octanol–water partition coefficient (Wildman–Crippen LogP) is 5.83. The fraction of sp³-hybridized carbons (Fsp3) is 0.500. The maximum absolute atomic E-state index is 10.5. The Balaban J connectivity index is 2.46. The van der Waals surface area contributed by atoms with E-state index in [1.807, 2.05) is 6.07 Å². The highest BCUT2D eigenvalue weighted by molar-refractivity contribution is 9.09. The zero-order valence-electron chi connectivity index (χ0n) is 14.1. The van der Waals surface area contributed by atoms with Crippen LogP contribution in [0, 0.1) is 5.92 Å². The van der Waals surface area contributed by atoms with Crippen LogP contribution < -0.4 is 0 Å². The fourth-order valence-corrected chi connectivity index (χ4v) is 3.98. The van der Waals surface area contributed by atoms with Gasteiger partial charge in [0.1, 0.15) is 11.5 Å². The molecule has 0 bridgehead atoms. The largest absolute Gasteiger partial charge is 0.508 e. The quantitative estimate of drug-likeness (QED) is 0.371. The molecule has 0 heterocycles. The molecule has 2 unspecified atom stereocenters.